The molecule has 1 fully saturated rings. The van der Waals surface area contributed by atoms with E-state index in [1.54, 1.807) is 6.33 Å². The number of hydrogen-bond acceptors (Lipinski definition) is 4. The Balaban J connectivity index is 1.45. The molecule has 0 bridgehead atoms. The summed E-state index contributed by atoms with van der Waals surface area (Å²) in [6, 6.07) is 10.4. The summed E-state index contributed by atoms with van der Waals surface area (Å²) in [6.45, 7) is 6.91. The second kappa shape index (κ2) is 8.07. The monoisotopic (exact) mass is 404 g/mol. The van der Waals surface area contributed by atoms with Crippen molar-refractivity contribution in [1.29, 1.82) is 0 Å². The predicted octanol–water partition coefficient (Wildman–Crippen LogP) is 2.76. The van der Waals surface area contributed by atoms with Crippen LogP contribution in [0.3, 0.4) is 0 Å². The number of imidazole rings is 1. The minimum Gasteiger partial charge on any atom is -0.348 e. The van der Waals surface area contributed by atoms with Crippen molar-refractivity contribution >= 4 is 5.91 Å². The smallest absolute Gasteiger partial charge is 0.274 e. The first-order valence-electron chi connectivity index (χ1n) is 10.8. The van der Waals surface area contributed by atoms with Gasteiger partial charge in [0.05, 0.1) is 18.6 Å². The number of aromatic amines is 1. The summed E-state index contributed by atoms with van der Waals surface area (Å²) in [7, 11) is 0. The quantitative estimate of drug-likeness (QED) is 0.710. The highest BCUT2D eigenvalue weighted by molar-refractivity contribution is 5.94. The third kappa shape index (κ3) is 3.65. The van der Waals surface area contributed by atoms with Gasteiger partial charge in [0.25, 0.3) is 5.91 Å². The number of aromatic nitrogens is 4. The van der Waals surface area contributed by atoms with Crippen molar-refractivity contribution in [3.8, 4) is 0 Å². The van der Waals surface area contributed by atoms with Crippen LogP contribution in [0.15, 0.2) is 36.7 Å². The van der Waals surface area contributed by atoms with E-state index in [1.807, 2.05) is 11.0 Å². The number of likely N-dealkylation sites (tertiary alicyclic amines) is 1. The average molecular weight is 405 g/mol. The molecule has 156 valence electrons. The summed E-state index contributed by atoms with van der Waals surface area (Å²) in [5, 5.41) is 4.86. The Kier molecular flexibility index (Phi) is 5.12. The van der Waals surface area contributed by atoms with E-state index in [-0.39, 0.29) is 5.91 Å². The maximum atomic E-state index is 13.3. The summed E-state index contributed by atoms with van der Waals surface area (Å²) < 4.78 is 2.06. The van der Waals surface area contributed by atoms with Crippen molar-refractivity contribution in [2.45, 2.75) is 45.8 Å². The van der Waals surface area contributed by atoms with Crippen LogP contribution < -0.4 is 0 Å². The molecule has 5 rings (SSSR count). The van der Waals surface area contributed by atoms with E-state index in [0.717, 1.165) is 68.9 Å². The third-order valence-corrected chi connectivity index (χ3v) is 6.29. The maximum Gasteiger partial charge on any atom is 0.274 e. The molecule has 7 nitrogen and oxygen atoms in total. The number of H-pyrrole nitrogens is 1. The largest absolute Gasteiger partial charge is 0.348 e. The van der Waals surface area contributed by atoms with Crippen LogP contribution in [0, 0.1) is 6.92 Å². The molecule has 1 aromatic carbocycles. The summed E-state index contributed by atoms with van der Waals surface area (Å²) in [6.07, 6.45) is 4.82. The van der Waals surface area contributed by atoms with Crippen molar-refractivity contribution in [3.63, 3.8) is 0 Å². The number of rotatable bonds is 5. The standard InChI is InChI=1S/C23H28N6O/c1-17-20(25-16-24-17)15-27-12-9-21-19(14-27)22(23(30)28-10-5-6-11-28)26-29(21)13-18-7-3-2-4-8-18/h2-4,7-8,16H,5-6,9-15H2,1H3,(H,24,25). The second-order valence-electron chi connectivity index (χ2n) is 8.35. The average Bonchev–Trinajstić information content (AvgIpc) is 3.50. The van der Waals surface area contributed by atoms with Gasteiger partial charge in [-0.3, -0.25) is 14.4 Å². The Labute approximate surface area is 176 Å². The van der Waals surface area contributed by atoms with Gasteiger partial charge in [-0.05, 0) is 25.3 Å². The second-order valence-corrected chi connectivity index (χ2v) is 8.35. The van der Waals surface area contributed by atoms with Crippen LogP contribution in [-0.2, 0) is 26.1 Å². The number of carbonyl (C=O) groups excluding carboxylic acids is 1. The molecule has 0 aliphatic carbocycles. The Morgan fingerprint density at radius 2 is 1.90 bits per heavy atom. The summed E-state index contributed by atoms with van der Waals surface area (Å²) in [5.74, 6) is 0.0911. The molecule has 2 aromatic heterocycles. The van der Waals surface area contributed by atoms with Crippen LogP contribution in [0.2, 0.25) is 0 Å². The normalized spacial score (nSPS) is 16.8. The van der Waals surface area contributed by atoms with Gasteiger partial charge >= 0.3 is 0 Å². The number of fused-ring (bicyclic) bond motifs is 1. The number of nitrogens with one attached hydrogen (secondary N) is 1. The van der Waals surface area contributed by atoms with Gasteiger partial charge in [0.15, 0.2) is 5.69 Å². The van der Waals surface area contributed by atoms with Crippen molar-refractivity contribution in [1.82, 2.24) is 29.5 Å². The van der Waals surface area contributed by atoms with Gasteiger partial charge in [0.1, 0.15) is 0 Å². The van der Waals surface area contributed by atoms with Gasteiger partial charge in [-0.1, -0.05) is 30.3 Å². The fourth-order valence-corrected chi connectivity index (χ4v) is 4.57. The number of carbonyl (C=O) groups is 1. The molecule has 0 atom stereocenters. The van der Waals surface area contributed by atoms with Gasteiger partial charge in [-0.25, -0.2) is 4.98 Å². The van der Waals surface area contributed by atoms with E-state index < -0.39 is 0 Å². The number of nitrogens with zero attached hydrogens (tertiary/aromatic N) is 5. The van der Waals surface area contributed by atoms with E-state index in [0.29, 0.717) is 12.2 Å². The van der Waals surface area contributed by atoms with Crippen molar-refractivity contribution in [2.24, 2.45) is 0 Å². The molecule has 2 aliphatic rings. The van der Waals surface area contributed by atoms with E-state index in [4.69, 9.17) is 5.10 Å². The van der Waals surface area contributed by atoms with Crippen LogP contribution in [0.5, 0.6) is 0 Å². The summed E-state index contributed by atoms with van der Waals surface area (Å²) in [4.78, 5) is 25.2. The highest BCUT2D eigenvalue weighted by atomic mass is 16.2. The molecule has 0 unspecified atom stereocenters. The molecule has 3 aromatic rings. The number of aryl methyl sites for hydroxylation is 1. The molecule has 0 radical (unpaired) electrons. The molecule has 0 spiro atoms. The fraction of sp³-hybridized carbons (Fsp3) is 0.435. The van der Waals surface area contributed by atoms with Gasteiger partial charge in [0.2, 0.25) is 0 Å². The molecule has 7 heteroatoms. The van der Waals surface area contributed by atoms with Gasteiger partial charge in [-0.15, -0.1) is 0 Å². The van der Waals surface area contributed by atoms with Gasteiger partial charge in [0, 0.05) is 56.1 Å². The number of amides is 1. The van der Waals surface area contributed by atoms with E-state index in [2.05, 4.69) is 50.7 Å². The van der Waals surface area contributed by atoms with Crippen LogP contribution in [0.4, 0.5) is 0 Å². The van der Waals surface area contributed by atoms with Crippen LogP contribution in [0.25, 0.3) is 0 Å². The lowest BCUT2D eigenvalue weighted by atomic mass is 10.0. The Hall–Kier alpha value is -2.93. The van der Waals surface area contributed by atoms with E-state index in [1.165, 1.54) is 11.3 Å². The highest BCUT2D eigenvalue weighted by Crippen LogP contribution is 2.26. The molecule has 1 N–H and O–H groups in total. The lowest BCUT2D eigenvalue weighted by Gasteiger charge is -2.27. The highest BCUT2D eigenvalue weighted by Gasteiger charge is 2.31. The first kappa shape index (κ1) is 19.1. The van der Waals surface area contributed by atoms with E-state index in [9.17, 15) is 4.79 Å². The lowest BCUT2D eigenvalue weighted by molar-refractivity contribution is 0.0783. The van der Waals surface area contributed by atoms with Crippen LogP contribution in [-0.4, -0.2) is 55.1 Å². The van der Waals surface area contributed by atoms with Crippen LogP contribution >= 0.6 is 0 Å². The molecule has 0 saturated carbocycles. The summed E-state index contributed by atoms with van der Waals surface area (Å²) >= 11 is 0. The topological polar surface area (TPSA) is 70.1 Å². The molecule has 4 heterocycles. The minimum atomic E-state index is 0.0911. The lowest BCUT2D eigenvalue weighted by Crippen LogP contribution is -2.33. The SMILES string of the molecule is Cc1[nH]cnc1CN1CCc2c(c(C(=O)N3CCCC3)nn2Cc2ccccc2)C1. The molecular formula is C23H28N6O. The fourth-order valence-electron chi connectivity index (χ4n) is 4.57. The molecule has 2 aliphatic heterocycles. The zero-order chi connectivity index (χ0) is 20.5. The first-order chi connectivity index (χ1) is 14.7. The van der Waals surface area contributed by atoms with E-state index >= 15 is 0 Å². The van der Waals surface area contributed by atoms with Gasteiger partial charge < -0.3 is 9.88 Å². The predicted molar refractivity (Wildman–Crippen MR) is 114 cm³/mol. The van der Waals surface area contributed by atoms with Gasteiger partial charge in [-0.2, -0.15) is 5.10 Å². The Morgan fingerprint density at radius 1 is 1.10 bits per heavy atom. The molecule has 1 amide bonds. The van der Waals surface area contributed by atoms with Crippen molar-refractivity contribution in [3.05, 3.63) is 70.6 Å². The zero-order valence-corrected chi connectivity index (χ0v) is 17.5. The summed E-state index contributed by atoms with van der Waals surface area (Å²) in [5.41, 5.74) is 6.33. The van der Waals surface area contributed by atoms with Crippen LogP contribution in [0.1, 0.15) is 51.5 Å². The molecule has 1 saturated heterocycles. The zero-order valence-electron chi connectivity index (χ0n) is 17.5. The number of hydrogen-bond donors (Lipinski definition) is 1. The Morgan fingerprint density at radius 3 is 2.63 bits per heavy atom. The van der Waals surface area contributed by atoms with Crippen molar-refractivity contribution in [2.75, 3.05) is 19.6 Å². The minimum absolute atomic E-state index is 0.0911. The molecule has 30 heavy (non-hydrogen) atoms. The molecular weight excluding hydrogens is 376 g/mol. The Bertz CT molecular complexity index is 1030. The maximum absolute atomic E-state index is 13.3. The van der Waals surface area contributed by atoms with Crippen molar-refractivity contribution < 1.29 is 4.79 Å². The number of benzene rings is 1. The third-order valence-electron chi connectivity index (χ3n) is 6.29. The first-order valence-corrected chi connectivity index (χ1v) is 10.8.